The second-order valence-electron chi connectivity index (χ2n) is 5.90. The van der Waals surface area contributed by atoms with Gasteiger partial charge in [-0.25, -0.2) is 11.7 Å². The lowest BCUT2D eigenvalue weighted by molar-refractivity contribution is -0.123. The van der Waals surface area contributed by atoms with Crippen molar-refractivity contribution in [1.82, 2.24) is 15.4 Å². The van der Waals surface area contributed by atoms with Crippen LogP contribution in [0.25, 0.3) is 16.6 Å². The van der Waals surface area contributed by atoms with Gasteiger partial charge < -0.3 is 9.30 Å². The topological polar surface area (TPSA) is 124 Å². The molecule has 0 radical (unpaired) electrons. The third-order valence-electron chi connectivity index (χ3n) is 4.22. The standard InChI is InChI=1S/C18H17BrClN5O3/c1-9-17(18(27)24-22)12-6-15(28-8-16(26)23-21)13(19)7-14(12)25(9)11-4-2-10(20)3-5-11/h2-7H,8,21-22H2,1H3,(H,23,26)(H,24,27). The molecular weight excluding hydrogens is 450 g/mol. The molecule has 6 N–H and O–H groups in total. The fourth-order valence-corrected chi connectivity index (χ4v) is 3.56. The zero-order valence-electron chi connectivity index (χ0n) is 14.8. The van der Waals surface area contributed by atoms with Gasteiger partial charge in [-0.05, 0) is 59.3 Å². The lowest BCUT2D eigenvalue weighted by Crippen LogP contribution is -2.34. The second-order valence-corrected chi connectivity index (χ2v) is 7.19. The van der Waals surface area contributed by atoms with Crippen LogP contribution in [0.4, 0.5) is 0 Å². The van der Waals surface area contributed by atoms with E-state index in [1.165, 1.54) is 0 Å². The van der Waals surface area contributed by atoms with Gasteiger partial charge in [0.15, 0.2) is 6.61 Å². The summed E-state index contributed by atoms with van der Waals surface area (Å²) in [5.74, 6) is 9.92. The SMILES string of the molecule is Cc1c(C(=O)NN)c2cc(OCC(=O)NN)c(Br)cc2n1-c1ccc(Cl)cc1. The number of fused-ring (bicyclic) bond motifs is 1. The zero-order chi connectivity index (χ0) is 20.4. The van der Waals surface area contributed by atoms with Gasteiger partial charge in [0.05, 0.1) is 15.6 Å². The Morgan fingerprint density at radius 1 is 1.18 bits per heavy atom. The summed E-state index contributed by atoms with van der Waals surface area (Å²) in [6, 6.07) is 10.7. The van der Waals surface area contributed by atoms with Crippen molar-refractivity contribution in [1.29, 1.82) is 0 Å². The molecule has 0 saturated heterocycles. The Hall–Kier alpha value is -2.59. The molecule has 28 heavy (non-hydrogen) atoms. The normalized spacial score (nSPS) is 10.8. The number of rotatable bonds is 5. The highest BCUT2D eigenvalue weighted by atomic mass is 79.9. The second kappa shape index (κ2) is 8.19. The van der Waals surface area contributed by atoms with Crippen molar-refractivity contribution in [2.24, 2.45) is 11.7 Å². The van der Waals surface area contributed by atoms with Crippen molar-refractivity contribution in [2.75, 3.05) is 6.61 Å². The van der Waals surface area contributed by atoms with Crippen LogP contribution in [0.15, 0.2) is 40.9 Å². The summed E-state index contributed by atoms with van der Waals surface area (Å²) in [6.45, 7) is 1.55. The van der Waals surface area contributed by atoms with Crippen molar-refractivity contribution in [3.05, 3.63) is 57.2 Å². The molecule has 0 aliphatic rings. The molecule has 0 unspecified atom stereocenters. The lowest BCUT2D eigenvalue weighted by Gasteiger charge is -2.11. The van der Waals surface area contributed by atoms with Gasteiger partial charge in [0.2, 0.25) is 0 Å². The maximum atomic E-state index is 12.5. The molecule has 0 fully saturated rings. The lowest BCUT2D eigenvalue weighted by atomic mass is 10.1. The Morgan fingerprint density at radius 2 is 1.86 bits per heavy atom. The molecule has 10 heteroatoms. The number of halogens is 2. The molecule has 1 aromatic heterocycles. The van der Waals surface area contributed by atoms with Crippen LogP contribution in [0.2, 0.25) is 5.02 Å². The number of nitrogen functional groups attached to an aromatic ring is 1. The van der Waals surface area contributed by atoms with Crippen molar-refractivity contribution < 1.29 is 14.3 Å². The summed E-state index contributed by atoms with van der Waals surface area (Å²) in [7, 11) is 0. The van der Waals surface area contributed by atoms with Crippen LogP contribution < -0.4 is 27.3 Å². The highest BCUT2D eigenvalue weighted by molar-refractivity contribution is 9.10. The van der Waals surface area contributed by atoms with Crippen LogP contribution in [0.1, 0.15) is 16.1 Å². The number of hydrazine groups is 2. The first-order chi connectivity index (χ1) is 13.4. The minimum absolute atomic E-state index is 0.268. The van der Waals surface area contributed by atoms with Crippen molar-refractivity contribution in [2.45, 2.75) is 6.92 Å². The summed E-state index contributed by atoms with van der Waals surface area (Å²) < 4.78 is 8.03. The van der Waals surface area contributed by atoms with E-state index in [0.717, 1.165) is 11.2 Å². The van der Waals surface area contributed by atoms with Crippen LogP contribution in [-0.2, 0) is 4.79 Å². The van der Waals surface area contributed by atoms with E-state index in [0.29, 0.717) is 31.9 Å². The number of carbonyl (C=O) groups is 2. The van der Waals surface area contributed by atoms with Gasteiger partial charge in [-0.1, -0.05) is 11.6 Å². The van der Waals surface area contributed by atoms with Crippen LogP contribution in [-0.4, -0.2) is 23.0 Å². The summed E-state index contributed by atoms with van der Waals surface area (Å²) in [5.41, 5.74) is 6.83. The Balaban J connectivity index is 2.23. The summed E-state index contributed by atoms with van der Waals surface area (Å²) in [6.07, 6.45) is 0. The van der Waals surface area contributed by atoms with E-state index in [1.807, 2.05) is 29.0 Å². The molecule has 1 heterocycles. The number of hydrogen-bond acceptors (Lipinski definition) is 5. The van der Waals surface area contributed by atoms with Gasteiger partial charge in [-0.2, -0.15) is 0 Å². The van der Waals surface area contributed by atoms with Crippen molar-refractivity contribution in [3.63, 3.8) is 0 Å². The van der Waals surface area contributed by atoms with Crippen molar-refractivity contribution in [3.8, 4) is 11.4 Å². The first-order valence-electron chi connectivity index (χ1n) is 8.11. The minimum atomic E-state index is -0.484. The molecule has 3 rings (SSSR count). The van der Waals surface area contributed by atoms with E-state index in [1.54, 1.807) is 24.3 Å². The molecule has 2 amide bonds. The van der Waals surface area contributed by atoms with E-state index in [4.69, 9.17) is 28.0 Å². The first-order valence-corrected chi connectivity index (χ1v) is 9.28. The number of nitrogens with one attached hydrogen (secondary N) is 2. The van der Waals surface area contributed by atoms with Gasteiger partial charge in [-0.15, -0.1) is 0 Å². The molecular formula is C18H17BrClN5O3. The Kier molecular flexibility index (Phi) is 5.90. The summed E-state index contributed by atoms with van der Waals surface area (Å²) in [5, 5.41) is 1.22. The van der Waals surface area contributed by atoms with Crippen LogP contribution in [0.5, 0.6) is 5.75 Å². The van der Waals surface area contributed by atoms with E-state index in [-0.39, 0.29) is 6.61 Å². The van der Waals surface area contributed by atoms with Gasteiger partial charge in [0, 0.05) is 21.8 Å². The number of aromatic nitrogens is 1. The number of hydrogen-bond donors (Lipinski definition) is 4. The largest absolute Gasteiger partial charge is 0.483 e. The molecule has 8 nitrogen and oxygen atoms in total. The van der Waals surface area contributed by atoms with Crippen molar-refractivity contribution >= 4 is 50.2 Å². The molecule has 0 spiro atoms. The number of nitrogens with zero attached hydrogens (tertiary/aromatic N) is 1. The number of carbonyl (C=O) groups excluding carboxylic acids is 2. The van der Waals surface area contributed by atoms with Gasteiger partial charge >= 0.3 is 0 Å². The van der Waals surface area contributed by atoms with E-state index in [2.05, 4.69) is 21.4 Å². The maximum absolute atomic E-state index is 12.5. The van der Waals surface area contributed by atoms with Crippen LogP contribution >= 0.6 is 27.5 Å². The van der Waals surface area contributed by atoms with Crippen LogP contribution in [0.3, 0.4) is 0 Å². The average molecular weight is 467 g/mol. The molecule has 0 saturated carbocycles. The van der Waals surface area contributed by atoms with E-state index >= 15 is 0 Å². The molecule has 0 bridgehead atoms. The number of amides is 2. The van der Waals surface area contributed by atoms with Gasteiger partial charge in [0.1, 0.15) is 5.75 Å². The van der Waals surface area contributed by atoms with E-state index < -0.39 is 11.8 Å². The Bertz CT molecular complexity index is 1070. The quantitative estimate of drug-likeness (QED) is 0.261. The Labute approximate surface area is 173 Å². The highest BCUT2D eigenvalue weighted by Crippen LogP contribution is 2.36. The Morgan fingerprint density at radius 3 is 2.46 bits per heavy atom. The van der Waals surface area contributed by atoms with Gasteiger partial charge in [0.25, 0.3) is 11.8 Å². The van der Waals surface area contributed by atoms with E-state index in [9.17, 15) is 9.59 Å². The highest BCUT2D eigenvalue weighted by Gasteiger charge is 2.22. The predicted octanol–water partition coefficient (Wildman–Crippen LogP) is 2.33. The molecule has 0 aliphatic heterocycles. The fourth-order valence-electron chi connectivity index (χ4n) is 2.99. The summed E-state index contributed by atoms with van der Waals surface area (Å²) in [4.78, 5) is 23.8. The maximum Gasteiger partial charge on any atom is 0.271 e. The fraction of sp³-hybridized carbons (Fsp3) is 0.111. The number of nitrogens with two attached hydrogens (primary N) is 2. The average Bonchev–Trinajstić information content (AvgIpc) is 2.96. The van der Waals surface area contributed by atoms with Crippen LogP contribution in [0, 0.1) is 6.92 Å². The first kappa shape index (κ1) is 20.2. The molecule has 0 atom stereocenters. The smallest absolute Gasteiger partial charge is 0.271 e. The minimum Gasteiger partial charge on any atom is -0.483 e. The summed E-state index contributed by atoms with van der Waals surface area (Å²) >= 11 is 9.45. The number of ether oxygens (including phenoxy) is 1. The number of benzene rings is 2. The third kappa shape index (κ3) is 3.69. The molecule has 3 aromatic rings. The third-order valence-corrected chi connectivity index (χ3v) is 5.09. The monoisotopic (exact) mass is 465 g/mol. The molecule has 0 aliphatic carbocycles. The van der Waals surface area contributed by atoms with Gasteiger partial charge in [-0.3, -0.25) is 20.4 Å². The molecule has 146 valence electrons. The predicted molar refractivity (Wildman–Crippen MR) is 110 cm³/mol. The molecule has 2 aromatic carbocycles. The zero-order valence-corrected chi connectivity index (χ0v) is 17.1.